The molecule has 0 unspecified atom stereocenters. The van der Waals surface area contributed by atoms with Crippen molar-refractivity contribution in [3.63, 3.8) is 0 Å². The number of hydrogen-bond donors (Lipinski definition) is 0. The SMILES string of the molecule is Cc1ccc(CC(=O)CBr)cc1. The van der Waals surface area contributed by atoms with Gasteiger partial charge in [-0.1, -0.05) is 45.8 Å². The Hall–Kier alpha value is -0.630. The average Bonchev–Trinajstić information content (AvgIpc) is 2.09. The van der Waals surface area contributed by atoms with Crippen LogP contribution < -0.4 is 0 Å². The maximum absolute atomic E-state index is 11.0. The Morgan fingerprint density at radius 3 is 2.42 bits per heavy atom. The van der Waals surface area contributed by atoms with Crippen LogP contribution in [0.5, 0.6) is 0 Å². The third-order valence-corrected chi connectivity index (χ3v) is 2.30. The summed E-state index contributed by atoms with van der Waals surface area (Å²) in [5.74, 6) is 0.221. The maximum atomic E-state index is 11.0. The minimum Gasteiger partial charge on any atom is -0.298 e. The van der Waals surface area contributed by atoms with Crippen LogP contribution in [0.2, 0.25) is 0 Å². The highest BCUT2D eigenvalue weighted by Gasteiger charge is 2.00. The van der Waals surface area contributed by atoms with E-state index in [4.69, 9.17) is 0 Å². The van der Waals surface area contributed by atoms with Crippen molar-refractivity contribution in [3.05, 3.63) is 35.4 Å². The van der Waals surface area contributed by atoms with E-state index in [1.165, 1.54) is 5.56 Å². The summed E-state index contributed by atoms with van der Waals surface area (Å²) in [6, 6.07) is 8.04. The fraction of sp³-hybridized carbons (Fsp3) is 0.300. The summed E-state index contributed by atoms with van der Waals surface area (Å²) in [6.07, 6.45) is 0.533. The summed E-state index contributed by atoms with van der Waals surface area (Å²) < 4.78 is 0. The highest BCUT2D eigenvalue weighted by Crippen LogP contribution is 2.04. The fourth-order valence-corrected chi connectivity index (χ4v) is 1.18. The summed E-state index contributed by atoms with van der Waals surface area (Å²) in [5, 5.41) is 0.445. The largest absolute Gasteiger partial charge is 0.298 e. The lowest BCUT2D eigenvalue weighted by atomic mass is 10.1. The van der Waals surface area contributed by atoms with E-state index in [2.05, 4.69) is 15.9 Å². The van der Waals surface area contributed by atoms with Gasteiger partial charge in [-0.3, -0.25) is 4.79 Å². The van der Waals surface area contributed by atoms with Gasteiger partial charge < -0.3 is 0 Å². The highest BCUT2D eigenvalue weighted by atomic mass is 79.9. The van der Waals surface area contributed by atoms with Crippen LogP contribution in [-0.4, -0.2) is 11.1 Å². The Balaban J connectivity index is 2.64. The van der Waals surface area contributed by atoms with Gasteiger partial charge >= 0.3 is 0 Å². The first-order valence-corrected chi connectivity index (χ1v) is 4.97. The summed E-state index contributed by atoms with van der Waals surface area (Å²) in [5.41, 5.74) is 2.31. The second kappa shape index (κ2) is 4.41. The molecule has 0 aliphatic heterocycles. The standard InChI is InChI=1S/C10H11BrO/c1-8-2-4-9(5-3-8)6-10(12)7-11/h2-5H,6-7H2,1H3. The number of halogens is 1. The first kappa shape index (κ1) is 9.46. The van der Waals surface area contributed by atoms with Crippen LogP contribution >= 0.6 is 15.9 Å². The second-order valence-electron chi connectivity index (χ2n) is 2.83. The van der Waals surface area contributed by atoms with E-state index < -0.39 is 0 Å². The first-order valence-electron chi connectivity index (χ1n) is 3.85. The Morgan fingerprint density at radius 1 is 1.33 bits per heavy atom. The normalized spacial score (nSPS) is 9.83. The number of carbonyl (C=O) groups is 1. The van der Waals surface area contributed by atoms with Crippen molar-refractivity contribution in [1.29, 1.82) is 0 Å². The molecule has 0 aliphatic carbocycles. The molecule has 1 aromatic carbocycles. The predicted molar refractivity (Wildman–Crippen MR) is 53.7 cm³/mol. The van der Waals surface area contributed by atoms with E-state index in [1.54, 1.807) is 0 Å². The second-order valence-corrected chi connectivity index (χ2v) is 3.40. The Morgan fingerprint density at radius 2 is 1.92 bits per heavy atom. The van der Waals surface area contributed by atoms with Crippen LogP contribution in [0, 0.1) is 6.92 Å². The number of benzene rings is 1. The molecule has 0 saturated carbocycles. The molecule has 0 aromatic heterocycles. The van der Waals surface area contributed by atoms with E-state index >= 15 is 0 Å². The van der Waals surface area contributed by atoms with Gasteiger partial charge in [0, 0.05) is 6.42 Å². The molecule has 0 spiro atoms. The smallest absolute Gasteiger partial charge is 0.147 e. The molecule has 64 valence electrons. The predicted octanol–water partition coefficient (Wildman–Crippen LogP) is 2.50. The van der Waals surface area contributed by atoms with E-state index in [0.29, 0.717) is 11.8 Å². The number of carbonyl (C=O) groups excluding carboxylic acids is 1. The lowest BCUT2D eigenvalue weighted by molar-refractivity contribution is -0.115. The topological polar surface area (TPSA) is 17.1 Å². The zero-order chi connectivity index (χ0) is 8.97. The molecule has 0 N–H and O–H groups in total. The molecule has 0 radical (unpaired) electrons. The molecule has 12 heavy (non-hydrogen) atoms. The lowest BCUT2D eigenvalue weighted by Gasteiger charge is -1.98. The van der Waals surface area contributed by atoms with E-state index in [1.807, 2.05) is 31.2 Å². The summed E-state index contributed by atoms with van der Waals surface area (Å²) >= 11 is 3.14. The first-order chi connectivity index (χ1) is 5.72. The Labute approximate surface area is 80.9 Å². The third-order valence-electron chi connectivity index (χ3n) is 1.67. The van der Waals surface area contributed by atoms with Gasteiger partial charge in [-0.05, 0) is 12.5 Å². The van der Waals surface area contributed by atoms with Gasteiger partial charge in [-0.25, -0.2) is 0 Å². The van der Waals surface area contributed by atoms with Crippen molar-refractivity contribution in [1.82, 2.24) is 0 Å². The van der Waals surface area contributed by atoms with E-state index in [0.717, 1.165) is 5.56 Å². The Bertz CT molecular complexity index is 264. The molecule has 0 heterocycles. The molecule has 0 atom stereocenters. The van der Waals surface area contributed by atoms with Crippen molar-refractivity contribution >= 4 is 21.7 Å². The number of alkyl halides is 1. The average molecular weight is 227 g/mol. The van der Waals surface area contributed by atoms with Crippen LogP contribution in [0.1, 0.15) is 11.1 Å². The van der Waals surface area contributed by atoms with Crippen molar-refractivity contribution in [3.8, 4) is 0 Å². The summed E-state index contributed by atoms with van der Waals surface area (Å²) in [6.45, 7) is 2.04. The molecule has 0 amide bonds. The summed E-state index contributed by atoms with van der Waals surface area (Å²) in [7, 11) is 0. The van der Waals surface area contributed by atoms with Crippen LogP contribution in [0.4, 0.5) is 0 Å². The molecule has 1 aromatic rings. The van der Waals surface area contributed by atoms with Crippen molar-refractivity contribution in [2.45, 2.75) is 13.3 Å². The van der Waals surface area contributed by atoms with Gasteiger partial charge in [0.2, 0.25) is 0 Å². The zero-order valence-corrected chi connectivity index (χ0v) is 8.60. The van der Waals surface area contributed by atoms with E-state index in [-0.39, 0.29) is 5.78 Å². The van der Waals surface area contributed by atoms with Gasteiger partial charge in [0.05, 0.1) is 5.33 Å². The number of Topliss-reactive ketones (excluding diaryl/α,β-unsaturated/α-hetero) is 1. The van der Waals surface area contributed by atoms with Crippen LogP contribution in [0.15, 0.2) is 24.3 Å². The monoisotopic (exact) mass is 226 g/mol. The molecule has 1 nitrogen and oxygen atoms in total. The molecule has 0 saturated heterocycles. The summed E-state index contributed by atoms with van der Waals surface area (Å²) in [4.78, 5) is 11.0. The molecular weight excluding hydrogens is 216 g/mol. The molecule has 0 aliphatic rings. The molecular formula is C10H11BrO. The van der Waals surface area contributed by atoms with Crippen molar-refractivity contribution in [2.75, 3.05) is 5.33 Å². The fourth-order valence-electron chi connectivity index (χ4n) is 0.981. The molecule has 0 fully saturated rings. The quantitative estimate of drug-likeness (QED) is 0.725. The van der Waals surface area contributed by atoms with Crippen molar-refractivity contribution in [2.24, 2.45) is 0 Å². The number of rotatable bonds is 3. The maximum Gasteiger partial charge on any atom is 0.147 e. The third kappa shape index (κ3) is 2.78. The number of ketones is 1. The van der Waals surface area contributed by atoms with Crippen LogP contribution in [-0.2, 0) is 11.2 Å². The zero-order valence-electron chi connectivity index (χ0n) is 7.01. The van der Waals surface area contributed by atoms with Gasteiger partial charge in [0.1, 0.15) is 5.78 Å². The van der Waals surface area contributed by atoms with Crippen LogP contribution in [0.3, 0.4) is 0 Å². The van der Waals surface area contributed by atoms with Crippen LogP contribution in [0.25, 0.3) is 0 Å². The van der Waals surface area contributed by atoms with Crippen molar-refractivity contribution < 1.29 is 4.79 Å². The minimum atomic E-state index is 0.221. The van der Waals surface area contributed by atoms with Gasteiger partial charge in [-0.15, -0.1) is 0 Å². The molecule has 2 heteroatoms. The minimum absolute atomic E-state index is 0.221. The van der Waals surface area contributed by atoms with E-state index in [9.17, 15) is 4.79 Å². The molecule has 0 bridgehead atoms. The number of aryl methyl sites for hydroxylation is 1. The highest BCUT2D eigenvalue weighted by molar-refractivity contribution is 9.09. The number of hydrogen-bond acceptors (Lipinski definition) is 1. The lowest BCUT2D eigenvalue weighted by Crippen LogP contribution is -2.02. The molecule has 1 rings (SSSR count). The van der Waals surface area contributed by atoms with Gasteiger partial charge in [-0.2, -0.15) is 0 Å². The van der Waals surface area contributed by atoms with Gasteiger partial charge in [0.25, 0.3) is 0 Å². The van der Waals surface area contributed by atoms with Gasteiger partial charge in [0.15, 0.2) is 0 Å². The Kier molecular flexibility index (Phi) is 3.48.